The van der Waals surface area contributed by atoms with E-state index in [0.29, 0.717) is 35.8 Å². The second-order valence-corrected chi connectivity index (χ2v) is 9.73. The first kappa shape index (κ1) is 31.6. The maximum atomic E-state index is 11.8. The molecule has 0 radical (unpaired) electrons. The number of carbonyl (C=O) groups is 2. The highest BCUT2D eigenvalue weighted by molar-refractivity contribution is 5.93. The molecule has 0 aliphatic heterocycles. The Kier molecular flexibility index (Phi) is 12.1. The van der Waals surface area contributed by atoms with Crippen LogP contribution in [0.4, 0.5) is 0 Å². The van der Waals surface area contributed by atoms with Gasteiger partial charge in [0.2, 0.25) is 0 Å². The average Bonchev–Trinajstić information content (AvgIpc) is 3.04. The van der Waals surface area contributed by atoms with Crippen molar-refractivity contribution in [1.29, 1.82) is 0 Å². The highest BCUT2D eigenvalue weighted by Crippen LogP contribution is 2.30. The van der Waals surface area contributed by atoms with Crippen LogP contribution in [0.2, 0.25) is 0 Å². The van der Waals surface area contributed by atoms with Gasteiger partial charge in [0.15, 0.2) is 0 Å². The maximum absolute atomic E-state index is 11.8. The summed E-state index contributed by atoms with van der Waals surface area (Å²) in [6, 6.07) is 23.4. The van der Waals surface area contributed by atoms with Crippen LogP contribution in [0.15, 0.2) is 72.8 Å². The molecule has 44 heavy (non-hydrogen) atoms. The number of esters is 2. The van der Waals surface area contributed by atoms with Gasteiger partial charge in [-0.05, 0) is 47.6 Å². The lowest BCUT2D eigenvalue weighted by Gasteiger charge is -2.10. The molecule has 222 valence electrons. The van der Waals surface area contributed by atoms with Gasteiger partial charge in [-0.2, -0.15) is 0 Å². The number of hydrogen-bond acceptors (Lipinski definition) is 6. The minimum Gasteiger partial charge on any atom is -0.480 e. The molecule has 0 amide bonds. The summed E-state index contributed by atoms with van der Waals surface area (Å²) in [6.07, 6.45) is 3.47. The molecule has 0 N–H and O–H groups in total. The third kappa shape index (κ3) is 9.06. The molecule has 6 nitrogen and oxygen atoms in total. The predicted molar refractivity (Wildman–Crippen MR) is 172 cm³/mol. The van der Waals surface area contributed by atoms with Crippen LogP contribution >= 0.6 is 0 Å². The van der Waals surface area contributed by atoms with Crippen molar-refractivity contribution < 1.29 is 28.5 Å². The molecule has 0 bridgehead atoms. The van der Waals surface area contributed by atoms with Crippen LogP contribution in [0.25, 0.3) is 21.5 Å². The fourth-order valence-electron chi connectivity index (χ4n) is 4.26. The maximum Gasteiger partial charge on any atom is 0.384 e. The second-order valence-electron chi connectivity index (χ2n) is 9.73. The largest absolute Gasteiger partial charge is 0.480 e. The van der Waals surface area contributed by atoms with Gasteiger partial charge in [-0.15, -0.1) is 0 Å². The average molecular weight is 587 g/mol. The van der Waals surface area contributed by atoms with Gasteiger partial charge in [0.05, 0.1) is 24.3 Å². The van der Waals surface area contributed by atoms with E-state index in [1.165, 1.54) is 0 Å². The topological polar surface area (TPSA) is 71.1 Å². The van der Waals surface area contributed by atoms with Gasteiger partial charge in [-0.3, -0.25) is 0 Å². The zero-order valence-electron chi connectivity index (χ0n) is 25.0. The predicted octanol–water partition coefficient (Wildman–Crippen LogP) is 6.84. The Hall–Kier alpha value is -5.38. The van der Waals surface area contributed by atoms with Crippen molar-refractivity contribution in [2.24, 2.45) is 0 Å². The number of benzene rings is 4. The lowest BCUT2D eigenvalue weighted by Crippen LogP contribution is -2.04. The first-order chi connectivity index (χ1) is 21.6. The number of fused-ring (bicyclic) bond motifs is 2. The fourth-order valence-corrected chi connectivity index (χ4v) is 4.26. The first-order valence-electron chi connectivity index (χ1n) is 14.7. The highest BCUT2D eigenvalue weighted by Gasteiger charge is 2.10. The molecule has 0 saturated heterocycles. The van der Waals surface area contributed by atoms with E-state index in [1.807, 2.05) is 86.6 Å². The third-order valence-corrected chi connectivity index (χ3v) is 6.54. The van der Waals surface area contributed by atoms with E-state index in [4.69, 9.17) is 18.9 Å². The van der Waals surface area contributed by atoms with Gasteiger partial charge in [-0.25, -0.2) is 9.59 Å². The molecule has 0 unspecified atom stereocenters. The fraction of sp³-hybridized carbons (Fsp3) is 0.263. The van der Waals surface area contributed by atoms with Gasteiger partial charge < -0.3 is 18.9 Å². The van der Waals surface area contributed by atoms with Crippen LogP contribution in [-0.2, 0) is 19.1 Å². The second kappa shape index (κ2) is 16.9. The lowest BCUT2D eigenvalue weighted by molar-refractivity contribution is -0.137. The number of ether oxygens (including phenoxy) is 4. The number of unbranched alkanes of at least 4 members (excludes halogenated alkanes) is 2. The summed E-state index contributed by atoms with van der Waals surface area (Å²) in [4.78, 5) is 23.7. The van der Waals surface area contributed by atoms with E-state index in [0.717, 1.165) is 47.2 Å². The van der Waals surface area contributed by atoms with Gasteiger partial charge in [0.25, 0.3) is 0 Å². The third-order valence-electron chi connectivity index (χ3n) is 6.54. The van der Waals surface area contributed by atoms with Crippen LogP contribution in [0, 0.1) is 35.5 Å². The Morgan fingerprint density at radius 1 is 0.591 bits per heavy atom. The standard InChI is InChI=1S/C38H34O6/c1-3-5-25-43-37(39)17-11-27-41-35-23-19-29-13-7-9-15-31(29)33(35)21-22-34-32-16-10-8-14-30(32)20-24-36(34)42-28-12-18-38(40)44-26-6-4-2/h7-10,13-16,19-20,23-24H,3-6,25-28H2,1-2H3. The molecule has 0 heterocycles. The van der Waals surface area contributed by atoms with Crippen molar-refractivity contribution >= 4 is 33.5 Å². The van der Waals surface area contributed by atoms with Gasteiger partial charge in [0, 0.05) is 22.6 Å². The van der Waals surface area contributed by atoms with E-state index in [-0.39, 0.29) is 13.2 Å². The normalized spacial score (nSPS) is 9.95. The molecule has 0 aliphatic carbocycles. The summed E-state index contributed by atoms with van der Waals surface area (Å²) in [5.41, 5.74) is 1.37. The van der Waals surface area contributed by atoms with E-state index in [1.54, 1.807) is 0 Å². The number of rotatable bonds is 10. The van der Waals surface area contributed by atoms with E-state index in [9.17, 15) is 9.59 Å². The van der Waals surface area contributed by atoms with Crippen LogP contribution in [0.3, 0.4) is 0 Å². The molecule has 0 fully saturated rings. The van der Waals surface area contributed by atoms with Gasteiger partial charge in [0.1, 0.15) is 24.7 Å². The summed E-state index contributed by atoms with van der Waals surface area (Å²) >= 11 is 0. The SMILES string of the molecule is CCCCOC(=O)C#CCOc1ccc2ccccc2c1C#Cc1c(OCC#CC(=O)OCCCC)ccc2ccccc12. The van der Waals surface area contributed by atoms with Gasteiger partial charge in [-0.1, -0.05) is 99.2 Å². The summed E-state index contributed by atoms with van der Waals surface area (Å²) in [6.45, 7) is 4.75. The van der Waals surface area contributed by atoms with Gasteiger partial charge >= 0.3 is 11.9 Å². The van der Waals surface area contributed by atoms with E-state index in [2.05, 4.69) is 35.5 Å². The number of carbonyl (C=O) groups excluding carboxylic acids is 2. The molecular weight excluding hydrogens is 552 g/mol. The molecule has 4 rings (SSSR count). The van der Waals surface area contributed by atoms with Crippen molar-refractivity contribution in [3.05, 3.63) is 83.9 Å². The smallest absolute Gasteiger partial charge is 0.384 e. The Labute approximate surface area is 258 Å². The molecule has 6 heteroatoms. The van der Waals surface area contributed by atoms with Crippen molar-refractivity contribution in [3.8, 4) is 47.0 Å². The molecule has 0 aliphatic rings. The van der Waals surface area contributed by atoms with E-state index >= 15 is 0 Å². The van der Waals surface area contributed by atoms with Crippen LogP contribution in [-0.4, -0.2) is 38.4 Å². The molecule has 0 saturated carbocycles. The molecule has 4 aromatic carbocycles. The highest BCUT2D eigenvalue weighted by atomic mass is 16.5. The minimum atomic E-state index is -0.567. The molecule has 0 spiro atoms. The Bertz CT molecular complexity index is 1670. The summed E-state index contributed by atoms with van der Waals surface area (Å²) < 4.78 is 22.1. The summed E-state index contributed by atoms with van der Waals surface area (Å²) in [7, 11) is 0. The lowest BCUT2D eigenvalue weighted by atomic mass is 10.0. The zero-order valence-corrected chi connectivity index (χ0v) is 25.0. The molecular formula is C38H34O6. The Morgan fingerprint density at radius 2 is 1.02 bits per heavy atom. The van der Waals surface area contributed by atoms with E-state index < -0.39 is 11.9 Å². The van der Waals surface area contributed by atoms with Crippen molar-refractivity contribution in [3.63, 3.8) is 0 Å². The summed E-state index contributed by atoms with van der Waals surface area (Å²) in [5.74, 6) is 17.0. The Balaban J connectivity index is 1.62. The number of hydrogen-bond donors (Lipinski definition) is 0. The van der Waals surface area contributed by atoms with Crippen LogP contribution < -0.4 is 9.47 Å². The molecule has 0 atom stereocenters. The van der Waals surface area contributed by atoms with Crippen molar-refractivity contribution in [1.82, 2.24) is 0 Å². The zero-order chi connectivity index (χ0) is 31.0. The monoisotopic (exact) mass is 586 g/mol. The quantitative estimate of drug-likeness (QED) is 0.0877. The Morgan fingerprint density at radius 3 is 1.45 bits per heavy atom. The van der Waals surface area contributed by atoms with Crippen LogP contribution in [0.1, 0.15) is 50.7 Å². The molecule has 0 aromatic heterocycles. The van der Waals surface area contributed by atoms with Crippen LogP contribution in [0.5, 0.6) is 11.5 Å². The minimum absolute atomic E-state index is 0.00191. The van der Waals surface area contributed by atoms with Crippen molar-refractivity contribution in [2.75, 3.05) is 26.4 Å². The molecule has 4 aromatic rings. The summed E-state index contributed by atoms with van der Waals surface area (Å²) in [5, 5.41) is 3.84. The first-order valence-corrected chi connectivity index (χ1v) is 14.7. The van der Waals surface area contributed by atoms with Crippen molar-refractivity contribution in [2.45, 2.75) is 39.5 Å².